The molecule has 0 aromatic heterocycles. The van der Waals surface area contributed by atoms with E-state index in [9.17, 15) is 4.79 Å². The van der Waals surface area contributed by atoms with Crippen LogP contribution in [0.2, 0.25) is 0 Å². The van der Waals surface area contributed by atoms with E-state index in [4.69, 9.17) is 4.74 Å². The Labute approximate surface area is 122 Å². The van der Waals surface area contributed by atoms with Crippen molar-refractivity contribution in [1.29, 1.82) is 0 Å². The number of hydrogen-bond acceptors (Lipinski definition) is 3. The second-order valence-corrected chi connectivity index (χ2v) is 4.73. The molecule has 1 atom stereocenters. The molecule has 1 rings (SSSR count). The van der Waals surface area contributed by atoms with Gasteiger partial charge >= 0.3 is 0 Å². The van der Waals surface area contributed by atoms with E-state index in [1.165, 1.54) is 0 Å². The van der Waals surface area contributed by atoms with Crippen LogP contribution >= 0.6 is 22.9 Å². The Hall–Kier alpha value is -0.660. The summed E-state index contributed by atoms with van der Waals surface area (Å²) in [5, 5.41) is 0. The van der Waals surface area contributed by atoms with E-state index in [1.807, 2.05) is 53.2 Å². The molecule has 18 heavy (non-hydrogen) atoms. The summed E-state index contributed by atoms with van der Waals surface area (Å²) in [5.74, 6) is 0.0882. The fourth-order valence-corrected chi connectivity index (χ4v) is 2.11. The van der Waals surface area contributed by atoms with Crippen molar-refractivity contribution in [2.45, 2.75) is 12.5 Å². The lowest BCUT2D eigenvalue weighted by molar-refractivity contribution is -0.132. The average molecular weight is 362 g/mol. The summed E-state index contributed by atoms with van der Waals surface area (Å²) in [4.78, 5) is 13.9. The summed E-state index contributed by atoms with van der Waals surface area (Å²) < 4.78 is 8.02. The molecule has 1 aromatic carbocycles. The van der Waals surface area contributed by atoms with E-state index in [0.29, 0.717) is 19.6 Å². The number of amides is 1. The molecule has 1 N–H and O–H groups in total. The molecule has 0 fully saturated rings. The van der Waals surface area contributed by atoms with Gasteiger partial charge in [0, 0.05) is 43.6 Å². The summed E-state index contributed by atoms with van der Waals surface area (Å²) in [7, 11) is 3.43. The van der Waals surface area contributed by atoms with Crippen LogP contribution in [0.1, 0.15) is 5.56 Å². The van der Waals surface area contributed by atoms with Gasteiger partial charge in [0.2, 0.25) is 5.91 Å². The number of nitrogens with one attached hydrogen (secondary N) is 1. The van der Waals surface area contributed by atoms with E-state index in [1.54, 1.807) is 19.1 Å². The zero-order valence-corrected chi connectivity index (χ0v) is 12.9. The molecule has 0 aliphatic heterocycles. The van der Waals surface area contributed by atoms with Crippen LogP contribution < -0.4 is 3.53 Å². The van der Waals surface area contributed by atoms with Crippen molar-refractivity contribution in [3.05, 3.63) is 35.9 Å². The van der Waals surface area contributed by atoms with E-state index < -0.39 is 0 Å². The van der Waals surface area contributed by atoms with Gasteiger partial charge in [-0.05, 0) is 12.0 Å². The minimum Gasteiger partial charge on any atom is -0.383 e. The zero-order chi connectivity index (χ0) is 13.4. The third kappa shape index (κ3) is 4.91. The van der Waals surface area contributed by atoms with Crippen molar-refractivity contribution in [3.8, 4) is 0 Å². The summed E-state index contributed by atoms with van der Waals surface area (Å²) in [5.41, 5.74) is 1.15. The first-order valence-corrected chi connectivity index (χ1v) is 6.91. The van der Waals surface area contributed by atoms with Gasteiger partial charge in [-0.25, -0.2) is 3.53 Å². The van der Waals surface area contributed by atoms with Gasteiger partial charge in [-0.15, -0.1) is 0 Å². The van der Waals surface area contributed by atoms with Crippen molar-refractivity contribution in [3.63, 3.8) is 0 Å². The van der Waals surface area contributed by atoms with Crippen molar-refractivity contribution in [2.24, 2.45) is 0 Å². The van der Waals surface area contributed by atoms with Gasteiger partial charge in [0.15, 0.2) is 0 Å². The van der Waals surface area contributed by atoms with Crippen molar-refractivity contribution in [1.82, 2.24) is 8.43 Å². The summed E-state index contributed by atoms with van der Waals surface area (Å²) in [6.07, 6.45) is 0.694. The van der Waals surface area contributed by atoms with Crippen LogP contribution in [0.15, 0.2) is 30.3 Å². The number of ether oxygens (including phenoxy) is 1. The second-order valence-electron chi connectivity index (χ2n) is 4.10. The molecule has 0 bridgehead atoms. The molecule has 100 valence electrons. The number of likely N-dealkylation sites (N-methyl/N-ethyl adjacent to an activating group) is 1. The fourth-order valence-electron chi connectivity index (χ4n) is 1.63. The number of carbonyl (C=O) groups excluding carboxylic acids is 1. The predicted octanol–water partition coefficient (Wildman–Crippen LogP) is 1.64. The molecule has 0 aliphatic carbocycles. The number of benzene rings is 1. The molecule has 0 saturated heterocycles. The SMILES string of the molecule is COCCN(C)C(=O)C(Cc1ccccc1)NI. The van der Waals surface area contributed by atoms with Crippen LogP contribution in [0.4, 0.5) is 0 Å². The Morgan fingerprint density at radius 1 is 1.44 bits per heavy atom. The highest BCUT2D eigenvalue weighted by molar-refractivity contribution is 14.1. The van der Waals surface area contributed by atoms with E-state index in [-0.39, 0.29) is 11.9 Å². The Bertz CT molecular complexity index is 359. The number of methoxy groups -OCH3 is 1. The van der Waals surface area contributed by atoms with E-state index in [0.717, 1.165) is 5.56 Å². The fraction of sp³-hybridized carbons (Fsp3) is 0.462. The topological polar surface area (TPSA) is 41.6 Å². The van der Waals surface area contributed by atoms with E-state index in [2.05, 4.69) is 3.53 Å². The number of nitrogens with zero attached hydrogens (tertiary/aromatic N) is 1. The molecule has 1 unspecified atom stereocenters. The quantitative estimate of drug-likeness (QED) is 0.593. The third-order valence-corrected chi connectivity index (χ3v) is 3.47. The molecule has 0 aliphatic rings. The first-order chi connectivity index (χ1) is 8.69. The highest BCUT2D eigenvalue weighted by Gasteiger charge is 2.20. The Balaban J connectivity index is 2.57. The van der Waals surface area contributed by atoms with Crippen LogP contribution in [-0.4, -0.2) is 44.2 Å². The van der Waals surface area contributed by atoms with Crippen molar-refractivity contribution < 1.29 is 9.53 Å². The highest BCUT2D eigenvalue weighted by atomic mass is 127. The smallest absolute Gasteiger partial charge is 0.240 e. The van der Waals surface area contributed by atoms with Gasteiger partial charge in [-0.3, -0.25) is 4.79 Å². The summed E-state index contributed by atoms with van der Waals surface area (Å²) in [6, 6.07) is 9.81. The number of halogens is 1. The van der Waals surface area contributed by atoms with Gasteiger partial charge in [-0.1, -0.05) is 30.3 Å². The number of hydrogen-bond donors (Lipinski definition) is 1. The second kappa shape index (κ2) is 8.44. The van der Waals surface area contributed by atoms with Gasteiger partial charge in [0.25, 0.3) is 0 Å². The molecule has 4 nitrogen and oxygen atoms in total. The monoisotopic (exact) mass is 362 g/mol. The molecular weight excluding hydrogens is 343 g/mol. The molecule has 1 aromatic rings. The standard InChI is InChI=1S/C13H19IN2O2/c1-16(8-9-18-2)13(17)12(15-14)10-11-6-4-3-5-7-11/h3-7,12,15H,8-10H2,1-2H3. The van der Waals surface area contributed by atoms with Gasteiger partial charge < -0.3 is 9.64 Å². The molecule has 1 amide bonds. The average Bonchev–Trinajstić information content (AvgIpc) is 2.42. The predicted molar refractivity (Wildman–Crippen MR) is 80.6 cm³/mol. The van der Waals surface area contributed by atoms with Crippen LogP contribution in [0.3, 0.4) is 0 Å². The van der Waals surface area contributed by atoms with Crippen LogP contribution in [-0.2, 0) is 16.0 Å². The summed E-state index contributed by atoms with van der Waals surface area (Å²) in [6.45, 7) is 1.17. The normalized spacial score (nSPS) is 12.2. The lowest BCUT2D eigenvalue weighted by atomic mass is 10.1. The van der Waals surface area contributed by atoms with Crippen molar-refractivity contribution in [2.75, 3.05) is 27.3 Å². The first-order valence-electron chi connectivity index (χ1n) is 5.83. The lowest BCUT2D eigenvalue weighted by Gasteiger charge is -2.22. The molecule has 0 spiro atoms. The maximum Gasteiger partial charge on any atom is 0.240 e. The maximum atomic E-state index is 12.2. The van der Waals surface area contributed by atoms with Gasteiger partial charge in [0.1, 0.15) is 0 Å². The molecular formula is C13H19IN2O2. The molecule has 5 heteroatoms. The number of carbonyl (C=O) groups is 1. The maximum absolute atomic E-state index is 12.2. The molecule has 0 radical (unpaired) electrons. The summed E-state index contributed by atoms with van der Waals surface area (Å²) >= 11 is 2.03. The Morgan fingerprint density at radius 2 is 2.11 bits per heavy atom. The van der Waals surface area contributed by atoms with Gasteiger partial charge in [0.05, 0.1) is 12.6 Å². The van der Waals surface area contributed by atoms with Crippen LogP contribution in [0.25, 0.3) is 0 Å². The van der Waals surface area contributed by atoms with Crippen LogP contribution in [0.5, 0.6) is 0 Å². The number of rotatable bonds is 7. The van der Waals surface area contributed by atoms with Gasteiger partial charge in [-0.2, -0.15) is 0 Å². The third-order valence-electron chi connectivity index (χ3n) is 2.72. The minimum absolute atomic E-state index is 0.0882. The molecule has 0 heterocycles. The zero-order valence-electron chi connectivity index (χ0n) is 10.7. The van der Waals surface area contributed by atoms with Crippen molar-refractivity contribution >= 4 is 28.8 Å². The largest absolute Gasteiger partial charge is 0.383 e. The van der Waals surface area contributed by atoms with Crippen LogP contribution in [0, 0.1) is 0 Å². The minimum atomic E-state index is -0.199. The Kier molecular flexibility index (Phi) is 7.22. The van der Waals surface area contributed by atoms with E-state index >= 15 is 0 Å². The first kappa shape index (κ1) is 15.4. The Morgan fingerprint density at radius 3 is 2.67 bits per heavy atom. The lowest BCUT2D eigenvalue weighted by Crippen LogP contribution is -2.44. The molecule has 0 saturated carbocycles. The highest BCUT2D eigenvalue weighted by Crippen LogP contribution is 2.06.